The average Bonchev–Trinajstić information content (AvgIpc) is 2.99. The van der Waals surface area contributed by atoms with Crippen LogP contribution in [0, 0.1) is 10.1 Å². The minimum Gasteiger partial charge on any atom is -0.358 e. The highest BCUT2D eigenvalue weighted by molar-refractivity contribution is 9.10. The third-order valence-electron chi connectivity index (χ3n) is 3.18. The maximum atomic E-state index is 10.7. The van der Waals surface area contributed by atoms with E-state index in [9.17, 15) is 10.1 Å². The predicted octanol–water partition coefficient (Wildman–Crippen LogP) is 3.16. The maximum Gasteiger partial charge on any atom is 0.404 e. The Kier molecular flexibility index (Phi) is 4.53. The van der Waals surface area contributed by atoms with E-state index in [0.29, 0.717) is 17.1 Å². The van der Waals surface area contributed by atoms with Gasteiger partial charge in [0.15, 0.2) is 0 Å². The molecule has 20 heavy (non-hydrogen) atoms. The number of nitro groups is 1. The standard InChI is InChI=1S/C12H16BrN5O2/c1-3-10(4-2)17-6-5-9(14-17)7-16-8-11(13)12(15-16)18(19)20/h5-6,8,10H,3-4,7H2,1-2H3. The fourth-order valence-corrected chi connectivity index (χ4v) is 2.55. The summed E-state index contributed by atoms with van der Waals surface area (Å²) in [5, 5.41) is 19.2. The smallest absolute Gasteiger partial charge is 0.358 e. The second-order valence-electron chi connectivity index (χ2n) is 4.51. The van der Waals surface area contributed by atoms with E-state index in [1.54, 1.807) is 6.20 Å². The van der Waals surface area contributed by atoms with Crippen LogP contribution in [-0.2, 0) is 6.54 Å². The molecule has 8 heteroatoms. The molecule has 0 atom stereocenters. The first-order valence-electron chi connectivity index (χ1n) is 6.46. The highest BCUT2D eigenvalue weighted by Gasteiger charge is 2.19. The summed E-state index contributed by atoms with van der Waals surface area (Å²) in [5.41, 5.74) is 0.835. The molecule has 2 aromatic heterocycles. The number of hydrogen-bond donors (Lipinski definition) is 0. The molecule has 108 valence electrons. The lowest BCUT2D eigenvalue weighted by Crippen LogP contribution is -2.09. The zero-order valence-electron chi connectivity index (χ0n) is 11.4. The molecule has 0 aliphatic rings. The van der Waals surface area contributed by atoms with E-state index in [4.69, 9.17) is 0 Å². The highest BCUT2D eigenvalue weighted by Crippen LogP contribution is 2.22. The van der Waals surface area contributed by atoms with Crippen LogP contribution in [0.1, 0.15) is 38.4 Å². The first-order chi connectivity index (χ1) is 9.55. The van der Waals surface area contributed by atoms with Gasteiger partial charge in [0.1, 0.15) is 11.0 Å². The molecule has 0 N–H and O–H groups in total. The number of aromatic nitrogens is 4. The first-order valence-corrected chi connectivity index (χ1v) is 7.25. The normalized spacial score (nSPS) is 11.2. The Morgan fingerprint density at radius 1 is 1.40 bits per heavy atom. The van der Waals surface area contributed by atoms with Crippen molar-refractivity contribution >= 4 is 21.7 Å². The number of hydrogen-bond acceptors (Lipinski definition) is 4. The Bertz CT molecular complexity index is 603. The van der Waals surface area contributed by atoms with Crippen molar-refractivity contribution in [3.8, 4) is 0 Å². The molecule has 2 rings (SSSR count). The summed E-state index contributed by atoms with van der Waals surface area (Å²) in [7, 11) is 0. The van der Waals surface area contributed by atoms with Crippen LogP contribution >= 0.6 is 15.9 Å². The fourth-order valence-electron chi connectivity index (χ4n) is 2.09. The minimum atomic E-state index is -0.511. The Morgan fingerprint density at radius 2 is 2.10 bits per heavy atom. The molecule has 0 saturated carbocycles. The Labute approximate surface area is 124 Å². The first kappa shape index (κ1) is 14.7. The van der Waals surface area contributed by atoms with Gasteiger partial charge in [-0.25, -0.2) is 0 Å². The van der Waals surface area contributed by atoms with Crippen LogP contribution in [0.5, 0.6) is 0 Å². The number of halogens is 1. The van der Waals surface area contributed by atoms with Crippen molar-refractivity contribution in [1.82, 2.24) is 19.6 Å². The maximum absolute atomic E-state index is 10.7. The molecule has 0 fully saturated rings. The molecular weight excluding hydrogens is 326 g/mol. The largest absolute Gasteiger partial charge is 0.404 e. The summed E-state index contributed by atoms with van der Waals surface area (Å²) in [5.74, 6) is -0.176. The monoisotopic (exact) mass is 341 g/mol. The molecule has 2 heterocycles. The van der Waals surface area contributed by atoms with Crippen molar-refractivity contribution in [2.45, 2.75) is 39.3 Å². The highest BCUT2D eigenvalue weighted by atomic mass is 79.9. The molecule has 2 aromatic rings. The van der Waals surface area contributed by atoms with Crippen molar-refractivity contribution in [1.29, 1.82) is 0 Å². The molecule has 0 bridgehead atoms. The van der Waals surface area contributed by atoms with E-state index < -0.39 is 4.92 Å². The van der Waals surface area contributed by atoms with Crippen LogP contribution < -0.4 is 0 Å². The molecule has 0 amide bonds. The van der Waals surface area contributed by atoms with Crippen LogP contribution in [0.25, 0.3) is 0 Å². The van der Waals surface area contributed by atoms with Crippen molar-refractivity contribution in [3.63, 3.8) is 0 Å². The van der Waals surface area contributed by atoms with Crippen LogP contribution in [-0.4, -0.2) is 24.5 Å². The number of rotatable bonds is 6. The number of nitrogens with zero attached hydrogens (tertiary/aromatic N) is 5. The Morgan fingerprint density at radius 3 is 2.65 bits per heavy atom. The fraction of sp³-hybridized carbons (Fsp3) is 0.500. The molecule has 0 saturated heterocycles. The third kappa shape index (κ3) is 3.06. The zero-order chi connectivity index (χ0) is 14.7. The van der Waals surface area contributed by atoms with Gasteiger partial charge in [0, 0.05) is 6.20 Å². The lowest BCUT2D eigenvalue weighted by molar-refractivity contribution is -0.390. The quantitative estimate of drug-likeness (QED) is 0.597. The molecule has 7 nitrogen and oxygen atoms in total. The van der Waals surface area contributed by atoms with Crippen LogP contribution in [0.2, 0.25) is 0 Å². The van der Waals surface area contributed by atoms with E-state index in [1.165, 1.54) is 4.68 Å². The van der Waals surface area contributed by atoms with Gasteiger partial charge in [0.2, 0.25) is 0 Å². The van der Waals surface area contributed by atoms with Gasteiger partial charge in [0.25, 0.3) is 0 Å². The van der Waals surface area contributed by atoms with E-state index in [2.05, 4.69) is 40.0 Å². The van der Waals surface area contributed by atoms with Crippen LogP contribution in [0.4, 0.5) is 5.82 Å². The van der Waals surface area contributed by atoms with Gasteiger partial charge in [-0.3, -0.25) is 4.68 Å². The molecule has 0 radical (unpaired) electrons. The molecular formula is C12H16BrN5O2. The Balaban J connectivity index is 2.14. The van der Waals surface area contributed by atoms with Crippen molar-refractivity contribution in [2.75, 3.05) is 0 Å². The molecule has 0 aliphatic heterocycles. The second-order valence-corrected chi connectivity index (χ2v) is 5.37. The summed E-state index contributed by atoms with van der Waals surface area (Å²) in [6.07, 6.45) is 5.58. The molecule has 0 aliphatic carbocycles. The lowest BCUT2D eigenvalue weighted by atomic mass is 10.2. The van der Waals surface area contributed by atoms with Gasteiger partial charge in [-0.15, -0.1) is 0 Å². The molecule has 0 unspecified atom stereocenters. The van der Waals surface area contributed by atoms with Gasteiger partial charge in [-0.2, -0.15) is 9.78 Å². The molecule has 0 aromatic carbocycles. The summed E-state index contributed by atoms with van der Waals surface area (Å²) in [4.78, 5) is 10.2. The van der Waals surface area contributed by atoms with E-state index in [0.717, 1.165) is 18.5 Å². The van der Waals surface area contributed by atoms with Crippen molar-refractivity contribution in [3.05, 3.63) is 38.7 Å². The topological polar surface area (TPSA) is 78.8 Å². The van der Waals surface area contributed by atoms with Gasteiger partial charge >= 0.3 is 5.82 Å². The van der Waals surface area contributed by atoms with Crippen LogP contribution in [0.15, 0.2) is 22.9 Å². The van der Waals surface area contributed by atoms with E-state index in [-0.39, 0.29) is 5.82 Å². The van der Waals surface area contributed by atoms with Gasteiger partial charge in [-0.05, 0) is 39.8 Å². The van der Waals surface area contributed by atoms with Crippen molar-refractivity contribution < 1.29 is 4.92 Å². The second kappa shape index (κ2) is 6.17. The average molecular weight is 342 g/mol. The minimum absolute atomic E-state index is 0.176. The Hall–Kier alpha value is -1.70. The summed E-state index contributed by atoms with van der Waals surface area (Å²) < 4.78 is 3.84. The van der Waals surface area contributed by atoms with Gasteiger partial charge in [0.05, 0.1) is 23.0 Å². The van der Waals surface area contributed by atoms with Gasteiger partial charge in [-0.1, -0.05) is 13.8 Å². The predicted molar refractivity (Wildman–Crippen MR) is 77.5 cm³/mol. The van der Waals surface area contributed by atoms with Gasteiger partial charge < -0.3 is 10.1 Å². The van der Waals surface area contributed by atoms with Crippen LogP contribution in [0.3, 0.4) is 0 Å². The summed E-state index contributed by atoms with van der Waals surface area (Å²) in [6, 6.07) is 2.31. The molecule has 0 spiro atoms. The van der Waals surface area contributed by atoms with E-state index >= 15 is 0 Å². The third-order valence-corrected chi connectivity index (χ3v) is 3.74. The van der Waals surface area contributed by atoms with E-state index in [1.807, 2.05) is 16.9 Å². The lowest BCUT2D eigenvalue weighted by Gasteiger charge is -2.12. The summed E-state index contributed by atoms with van der Waals surface area (Å²) >= 11 is 3.13. The SMILES string of the molecule is CCC(CC)n1ccc(Cn2cc(Br)c([N+](=O)[O-])n2)n1. The summed E-state index contributed by atoms with van der Waals surface area (Å²) in [6.45, 7) is 4.67. The van der Waals surface area contributed by atoms with Crippen molar-refractivity contribution in [2.24, 2.45) is 0 Å². The zero-order valence-corrected chi connectivity index (χ0v) is 12.9.